The van der Waals surface area contributed by atoms with Crippen LogP contribution in [-0.4, -0.2) is 26.2 Å². The van der Waals surface area contributed by atoms with Gasteiger partial charge in [0, 0.05) is 23.0 Å². The summed E-state index contributed by atoms with van der Waals surface area (Å²) in [6, 6.07) is 2.51. The summed E-state index contributed by atoms with van der Waals surface area (Å²) in [4.78, 5) is -0.223. The second kappa shape index (κ2) is 6.73. The fraction of sp³-hybridized carbons (Fsp3) is 0.333. The summed E-state index contributed by atoms with van der Waals surface area (Å²) in [6.07, 6.45) is 0. The van der Waals surface area contributed by atoms with Crippen molar-refractivity contribution < 1.29 is 21.6 Å². The van der Waals surface area contributed by atoms with E-state index in [9.17, 15) is 21.6 Å². The maximum atomic E-state index is 11.9. The lowest BCUT2D eigenvalue weighted by Gasteiger charge is -2.11. The number of alkyl halides is 3. The van der Waals surface area contributed by atoms with Gasteiger partial charge in [-0.3, -0.25) is 0 Å². The number of nitrogens with two attached hydrogens (primary N) is 1. The number of benzene rings is 1. The van der Waals surface area contributed by atoms with Gasteiger partial charge in [-0.2, -0.15) is 13.2 Å². The molecule has 0 bridgehead atoms. The number of halogens is 5. The maximum Gasteiger partial charge on any atom is 0.441 e. The Hall–Kier alpha value is -0.160. The quantitative estimate of drug-likeness (QED) is 0.574. The standard InChI is InChI=1S/C9H9BrClF3N2O2S2/c10-8-6(15)3-5(11)4-7(8)20(17,18)16-1-2-19-9(12,13)14/h3-4,16H,1-2,15H2. The van der Waals surface area contributed by atoms with Gasteiger partial charge < -0.3 is 5.73 Å². The van der Waals surface area contributed by atoms with Crippen LogP contribution in [0.5, 0.6) is 0 Å². The molecule has 0 amide bonds. The summed E-state index contributed by atoms with van der Waals surface area (Å²) in [6.45, 7) is -0.370. The first-order valence-electron chi connectivity index (χ1n) is 4.98. The van der Waals surface area contributed by atoms with Crippen molar-refractivity contribution in [1.29, 1.82) is 0 Å². The molecule has 11 heteroatoms. The Morgan fingerprint density at radius 3 is 2.55 bits per heavy atom. The van der Waals surface area contributed by atoms with Crippen molar-refractivity contribution in [3.05, 3.63) is 21.6 Å². The molecule has 0 aliphatic carbocycles. The maximum absolute atomic E-state index is 11.9. The van der Waals surface area contributed by atoms with E-state index in [1.54, 1.807) is 0 Å². The zero-order chi connectivity index (χ0) is 15.6. The average Bonchev–Trinajstić information content (AvgIpc) is 2.28. The van der Waals surface area contributed by atoms with E-state index in [0.29, 0.717) is 0 Å². The predicted octanol–water partition coefficient (Wildman–Crippen LogP) is 3.22. The normalized spacial score (nSPS) is 12.7. The number of nitrogen functional groups attached to an aromatic ring is 1. The van der Waals surface area contributed by atoms with Crippen molar-refractivity contribution >= 4 is 55.0 Å². The second-order valence-corrected chi connectivity index (χ2v) is 7.62. The fourth-order valence-corrected chi connectivity index (χ4v) is 4.09. The lowest BCUT2D eigenvalue weighted by molar-refractivity contribution is -0.0327. The van der Waals surface area contributed by atoms with E-state index in [4.69, 9.17) is 17.3 Å². The third kappa shape index (κ3) is 5.32. The highest BCUT2D eigenvalue weighted by Gasteiger charge is 2.28. The van der Waals surface area contributed by atoms with E-state index in [2.05, 4.69) is 20.7 Å². The lowest BCUT2D eigenvalue weighted by Crippen LogP contribution is -2.27. The van der Waals surface area contributed by atoms with Gasteiger partial charge in [0.05, 0.1) is 9.37 Å². The molecule has 0 radical (unpaired) electrons. The molecule has 1 rings (SSSR count). The first-order valence-corrected chi connectivity index (χ1v) is 8.62. The smallest absolute Gasteiger partial charge is 0.398 e. The third-order valence-electron chi connectivity index (χ3n) is 1.98. The molecule has 0 atom stereocenters. The van der Waals surface area contributed by atoms with E-state index in [-0.39, 0.29) is 38.4 Å². The van der Waals surface area contributed by atoms with Gasteiger partial charge in [0.15, 0.2) is 0 Å². The van der Waals surface area contributed by atoms with Crippen LogP contribution in [0.1, 0.15) is 0 Å². The molecule has 0 unspecified atom stereocenters. The molecular weight excluding hydrogens is 405 g/mol. The van der Waals surface area contributed by atoms with Crippen LogP contribution in [0, 0.1) is 0 Å². The number of sulfonamides is 1. The molecule has 0 saturated heterocycles. The molecule has 0 aromatic heterocycles. The SMILES string of the molecule is Nc1cc(Cl)cc(S(=O)(=O)NCCSC(F)(F)F)c1Br. The van der Waals surface area contributed by atoms with Gasteiger partial charge in [0.1, 0.15) is 0 Å². The third-order valence-corrected chi connectivity index (χ3v) is 5.57. The van der Waals surface area contributed by atoms with Crippen LogP contribution in [0.2, 0.25) is 5.02 Å². The minimum atomic E-state index is -4.40. The first kappa shape index (κ1) is 17.9. The van der Waals surface area contributed by atoms with Crippen LogP contribution in [0.4, 0.5) is 18.9 Å². The van der Waals surface area contributed by atoms with Crippen molar-refractivity contribution in [2.75, 3.05) is 18.0 Å². The predicted molar refractivity (Wildman–Crippen MR) is 77.3 cm³/mol. The average molecular weight is 414 g/mol. The number of hydrogen-bond donors (Lipinski definition) is 2. The Balaban J connectivity index is 2.80. The molecule has 0 aliphatic rings. The molecule has 1 aromatic rings. The highest BCUT2D eigenvalue weighted by atomic mass is 79.9. The zero-order valence-corrected chi connectivity index (χ0v) is 13.6. The summed E-state index contributed by atoms with van der Waals surface area (Å²) in [5.74, 6) is -0.434. The topological polar surface area (TPSA) is 72.2 Å². The summed E-state index contributed by atoms with van der Waals surface area (Å²) >= 11 is 8.40. The largest absolute Gasteiger partial charge is 0.441 e. The molecule has 0 heterocycles. The van der Waals surface area contributed by atoms with Gasteiger partial charge in [-0.25, -0.2) is 13.1 Å². The van der Waals surface area contributed by atoms with Crippen LogP contribution in [0.25, 0.3) is 0 Å². The van der Waals surface area contributed by atoms with Crippen molar-refractivity contribution in [2.24, 2.45) is 0 Å². The summed E-state index contributed by atoms with van der Waals surface area (Å²) in [5.41, 5.74) is 1.27. The van der Waals surface area contributed by atoms with Gasteiger partial charge in [-0.15, -0.1) is 0 Å². The Morgan fingerprint density at radius 2 is 2.00 bits per heavy atom. The molecule has 1 aromatic carbocycles. The van der Waals surface area contributed by atoms with E-state index >= 15 is 0 Å². The molecule has 0 fully saturated rings. The number of rotatable bonds is 5. The Labute approximate surface area is 131 Å². The molecule has 4 nitrogen and oxygen atoms in total. The van der Waals surface area contributed by atoms with Gasteiger partial charge in [-0.1, -0.05) is 11.6 Å². The molecule has 114 valence electrons. The molecule has 20 heavy (non-hydrogen) atoms. The van der Waals surface area contributed by atoms with Gasteiger partial charge >= 0.3 is 5.51 Å². The molecule has 0 spiro atoms. The van der Waals surface area contributed by atoms with E-state index in [1.165, 1.54) is 6.07 Å². The summed E-state index contributed by atoms with van der Waals surface area (Å²) in [5, 5.41) is 0.107. The van der Waals surface area contributed by atoms with Crippen LogP contribution in [0.15, 0.2) is 21.5 Å². The minimum Gasteiger partial charge on any atom is -0.398 e. The van der Waals surface area contributed by atoms with Crippen LogP contribution < -0.4 is 10.5 Å². The van der Waals surface area contributed by atoms with Crippen LogP contribution >= 0.6 is 39.3 Å². The summed E-state index contributed by atoms with van der Waals surface area (Å²) < 4.78 is 61.8. The van der Waals surface area contributed by atoms with E-state index < -0.39 is 21.3 Å². The number of nitrogens with one attached hydrogen (secondary N) is 1. The highest BCUT2D eigenvalue weighted by molar-refractivity contribution is 9.10. The van der Waals surface area contributed by atoms with Crippen molar-refractivity contribution in [1.82, 2.24) is 4.72 Å². The Bertz CT molecular complexity index is 596. The van der Waals surface area contributed by atoms with Gasteiger partial charge in [-0.05, 0) is 39.8 Å². The molecule has 0 aliphatic heterocycles. The summed E-state index contributed by atoms with van der Waals surface area (Å²) in [7, 11) is -4.00. The Morgan fingerprint density at radius 1 is 1.40 bits per heavy atom. The molecular formula is C9H9BrClF3N2O2S2. The minimum absolute atomic E-state index is 0.107. The van der Waals surface area contributed by atoms with E-state index in [0.717, 1.165) is 6.07 Å². The lowest BCUT2D eigenvalue weighted by atomic mass is 10.3. The van der Waals surface area contributed by atoms with E-state index in [1.807, 2.05) is 0 Å². The van der Waals surface area contributed by atoms with Crippen molar-refractivity contribution in [2.45, 2.75) is 10.4 Å². The molecule has 3 N–H and O–H groups in total. The van der Waals surface area contributed by atoms with Crippen molar-refractivity contribution in [3.63, 3.8) is 0 Å². The Kier molecular flexibility index (Phi) is 6.02. The van der Waals surface area contributed by atoms with Crippen LogP contribution in [0.3, 0.4) is 0 Å². The highest BCUT2D eigenvalue weighted by Crippen LogP contribution is 2.32. The molecule has 0 saturated carbocycles. The second-order valence-electron chi connectivity index (χ2n) is 3.50. The van der Waals surface area contributed by atoms with Crippen LogP contribution in [-0.2, 0) is 10.0 Å². The first-order chi connectivity index (χ1) is 9.03. The number of thioether (sulfide) groups is 1. The zero-order valence-electron chi connectivity index (χ0n) is 9.67. The number of hydrogen-bond acceptors (Lipinski definition) is 4. The monoisotopic (exact) mass is 412 g/mol. The van der Waals surface area contributed by atoms with Gasteiger partial charge in [0.25, 0.3) is 0 Å². The van der Waals surface area contributed by atoms with Crippen molar-refractivity contribution in [3.8, 4) is 0 Å². The fourth-order valence-electron chi connectivity index (χ4n) is 1.20. The van der Waals surface area contributed by atoms with Gasteiger partial charge in [0.2, 0.25) is 10.0 Å². The number of anilines is 1.